The van der Waals surface area contributed by atoms with Crippen LogP contribution in [0.15, 0.2) is 0 Å². The fourth-order valence-corrected chi connectivity index (χ4v) is 0.854. The summed E-state index contributed by atoms with van der Waals surface area (Å²) in [6, 6.07) is 3.17. The maximum absolute atomic E-state index is 6.90. The van der Waals surface area contributed by atoms with Gasteiger partial charge >= 0.3 is 6.01 Å². The third-order valence-corrected chi connectivity index (χ3v) is 1.24. The van der Waals surface area contributed by atoms with Crippen LogP contribution in [0.4, 0.5) is 0 Å². The van der Waals surface area contributed by atoms with Crippen molar-refractivity contribution in [2.24, 2.45) is 0 Å². The molecule has 2 nitrogen and oxygen atoms in total. The first-order valence-corrected chi connectivity index (χ1v) is 3.30. The van der Waals surface area contributed by atoms with Crippen LogP contribution in [0.2, 0.25) is 0 Å². The lowest BCUT2D eigenvalue weighted by molar-refractivity contribution is -0.582. The van der Waals surface area contributed by atoms with Gasteiger partial charge in [0, 0.05) is 0 Å². The van der Waals surface area contributed by atoms with Gasteiger partial charge < -0.3 is 0 Å². The quantitative estimate of drug-likeness (QED) is 0.430. The Morgan fingerprint density at radius 3 is 1.44 bits per heavy atom. The summed E-state index contributed by atoms with van der Waals surface area (Å²) in [5, 5.41) is 6.90. The average molecular weight is 127 g/mol. The summed E-state index contributed by atoms with van der Waals surface area (Å²) < 4.78 is 1.88. The molecule has 2 heteroatoms. The molecule has 0 atom stereocenters. The molecule has 0 aliphatic rings. The molecule has 0 unspecified atom stereocenters. The minimum Gasteiger partial charge on any atom is -0.216 e. The van der Waals surface area contributed by atoms with Crippen LogP contribution in [0.25, 0.3) is 0 Å². The van der Waals surface area contributed by atoms with Crippen molar-refractivity contribution in [3.8, 4) is 0 Å². The van der Waals surface area contributed by atoms with Crippen molar-refractivity contribution in [3.05, 3.63) is 0 Å². The molecule has 0 aromatic rings. The van der Waals surface area contributed by atoms with Gasteiger partial charge in [0.1, 0.15) is 0 Å². The standard InChI is InChI=1S/C7H15N2/c1-6(2)9(5-8)7(3)4/h6-8H,1-4H3/q+1. The Bertz CT molecular complexity index is 120. The molecule has 0 saturated carbocycles. The predicted molar refractivity (Wildman–Crippen MR) is 38.3 cm³/mol. The Morgan fingerprint density at radius 1 is 1.11 bits per heavy atom. The molecule has 0 aliphatic heterocycles. The van der Waals surface area contributed by atoms with Gasteiger partial charge in [0.25, 0.3) is 0 Å². The van der Waals surface area contributed by atoms with Crippen LogP contribution in [-0.4, -0.2) is 22.7 Å². The lowest BCUT2D eigenvalue weighted by atomic mass is 10.3. The second kappa shape index (κ2) is 3.41. The molecule has 52 valence electrons. The minimum absolute atomic E-state index is 0.391. The molecular formula is C7H15N2+. The van der Waals surface area contributed by atoms with E-state index in [1.807, 2.05) is 4.58 Å². The highest BCUT2D eigenvalue weighted by molar-refractivity contribution is 5.28. The van der Waals surface area contributed by atoms with Gasteiger partial charge in [-0.1, -0.05) is 5.41 Å². The molecule has 0 saturated heterocycles. The molecule has 0 heterocycles. The van der Waals surface area contributed by atoms with Gasteiger partial charge in [-0.25, -0.2) is 4.58 Å². The second-order valence-corrected chi connectivity index (χ2v) is 2.71. The average Bonchev–Trinajstić information content (AvgIpc) is 1.64. The molecular weight excluding hydrogens is 112 g/mol. The monoisotopic (exact) mass is 127 g/mol. The topological polar surface area (TPSA) is 26.9 Å². The van der Waals surface area contributed by atoms with E-state index in [-0.39, 0.29) is 0 Å². The Kier molecular flexibility index (Phi) is 3.18. The minimum atomic E-state index is 0.391. The number of rotatable bonds is 2. The normalized spacial score (nSPS) is 10.0. The molecule has 0 fully saturated rings. The highest BCUT2D eigenvalue weighted by Gasteiger charge is 2.08. The summed E-state index contributed by atoms with van der Waals surface area (Å²) in [6.07, 6.45) is 0. The van der Waals surface area contributed by atoms with Crippen LogP contribution in [0.3, 0.4) is 0 Å². The molecule has 0 rings (SSSR count). The van der Waals surface area contributed by atoms with Gasteiger partial charge in [0.2, 0.25) is 0 Å². The lowest BCUT2D eigenvalue weighted by Gasteiger charge is -2.09. The first-order valence-electron chi connectivity index (χ1n) is 3.30. The van der Waals surface area contributed by atoms with Crippen molar-refractivity contribution in [2.75, 3.05) is 0 Å². The molecule has 0 aromatic heterocycles. The molecule has 0 spiro atoms. The van der Waals surface area contributed by atoms with E-state index in [1.54, 1.807) is 0 Å². The van der Waals surface area contributed by atoms with Gasteiger partial charge in [0.05, 0.1) is 12.1 Å². The Morgan fingerprint density at radius 2 is 1.44 bits per heavy atom. The summed E-state index contributed by atoms with van der Waals surface area (Å²) in [5.74, 6) is 0. The van der Waals surface area contributed by atoms with Crippen molar-refractivity contribution in [2.45, 2.75) is 39.8 Å². The van der Waals surface area contributed by atoms with Crippen LogP contribution < -0.4 is 0 Å². The Balaban J connectivity index is 4.19. The van der Waals surface area contributed by atoms with E-state index >= 15 is 0 Å². The second-order valence-electron chi connectivity index (χ2n) is 2.71. The van der Waals surface area contributed by atoms with E-state index in [0.717, 1.165) is 0 Å². The summed E-state index contributed by atoms with van der Waals surface area (Å²) in [4.78, 5) is 0. The van der Waals surface area contributed by atoms with Crippen LogP contribution in [0.1, 0.15) is 27.7 Å². The van der Waals surface area contributed by atoms with E-state index in [9.17, 15) is 0 Å². The first kappa shape index (κ1) is 8.38. The van der Waals surface area contributed by atoms with Gasteiger partial charge in [-0.05, 0) is 27.7 Å². The molecule has 0 bridgehead atoms. The van der Waals surface area contributed by atoms with E-state index in [4.69, 9.17) is 5.41 Å². The Hall–Kier alpha value is -0.620. The fraction of sp³-hybridized carbons (Fsp3) is 0.857. The smallest absolute Gasteiger partial charge is 0.216 e. The van der Waals surface area contributed by atoms with Crippen molar-refractivity contribution in [1.82, 2.24) is 0 Å². The van der Waals surface area contributed by atoms with Crippen molar-refractivity contribution in [1.29, 1.82) is 5.41 Å². The highest BCUT2D eigenvalue weighted by atomic mass is 15.0. The Labute approximate surface area is 56.7 Å². The summed E-state index contributed by atoms with van der Waals surface area (Å²) in [7, 11) is 0. The third-order valence-electron chi connectivity index (χ3n) is 1.24. The maximum atomic E-state index is 6.90. The summed E-state index contributed by atoms with van der Waals surface area (Å²) in [6.45, 7) is 8.23. The fourth-order valence-electron chi connectivity index (χ4n) is 0.854. The van der Waals surface area contributed by atoms with Gasteiger partial charge in [-0.15, -0.1) is 0 Å². The van der Waals surface area contributed by atoms with Crippen LogP contribution in [0.5, 0.6) is 0 Å². The molecule has 1 N–H and O–H groups in total. The third kappa shape index (κ3) is 2.43. The number of hydrogen-bond donors (Lipinski definition) is 1. The highest BCUT2D eigenvalue weighted by Crippen LogP contribution is 1.92. The van der Waals surface area contributed by atoms with Crippen molar-refractivity contribution >= 4 is 6.01 Å². The van der Waals surface area contributed by atoms with E-state index in [2.05, 4.69) is 33.7 Å². The molecule has 0 radical (unpaired) electrons. The number of hydrogen-bond acceptors (Lipinski definition) is 1. The van der Waals surface area contributed by atoms with Crippen molar-refractivity contribution in [3.63, 3.8) is 0 Å². The summed E-state index contributed by atoms with van der Waals surface area (Å²) in [5.41, 5.74) is 0. The molecule has 0 aliphatic carbocycles. The van der Waals surface area contributed by atoms with Crippen LogP contribution >= 0.6 is 0 Å². The van der Waals surface area contributed by atoms with Crippen LogP contribution in [-0.2, 0) is 0 Å². The molecule has 0 amide bonds. The lowest BCUT2D eigenvalue weighted by Crippen LogP contribution is -2.26. The van der Waals surface area contributed by atoms with Gasteiger partial charge in [-0.3, -0.25) is 0 Å². The first-order chi connectivity index (χ1) is 4.09. The van der Waals surface area contributed by atoms with Gasteiger partial charge in [0.15, 0.2) is 0 Å². The van der Waals surface area contributed by atoms with Crippen molar-refractivity contribution < 1.29 is 4.58 Å². The number of nitrogens with one attached hydrogen (secondary N) is 1. The molecule has 0 aromatic carbocycles. The SMILES string of the molecule is CC(C)[N+](=C=N)C(C)C. The van der Waals surface area contributed by atoms with Gasteiger partial charge in [-0.2, -0.15) is 0 Å². The maximum Gasteiger partial charge on any atom is 0.304 e. The van der Waals surface area contributed by atoms with E-state index in [0.29, 0.717) is 12.1 Å². The number of nitrogens with zero attached hydrogens (tertiary/aromatic N) is 1. The zero-order valence-corrected chi connectivity index (χ0v) is 6.60. The molecule has 9 heavy (non-hydrogen) atoms. The predicted octanol–water partition coefficient (Wildman–Crippen LogP) is 1.57. The zero-order chi connectivity index (χ0) is 7.44. The van der Waals surface area contributed by atoms with E-state index < -0.39 is 0 Å². The van der Waals surface area contributed by atoms with Crippen LogP contribution in [0, 0.1) is 5.41 Å². The summed E-state index contributed by atoms with van der Waals surface area (Å²) >= 11 is 0. The zero-order valence-electron chi connectivity index (χ0n) is 6.60. The van der Waals surface area contributed by atoms with E-state index in [1.165, 1.54) is 0 Å². The largest absolute Gasteiger partial charge is 0.304 e.